The molecule has 1 fully saturated rings. The number of hydrogen-bond acceptors (Lipinski definition) is 2. The molecule has 1 saturated carbocycles. The van der Waals surface area contributed by atoms with Crippen molar-refractivity contribution in [2.24, 2.45) is 5.73 Å². The summed E-state index contributed by atoms with van der Waals surface area (Å²) in [5.41, 5.74) is 4.50. The molecule has 0 aromatic rings. The minimum absolute atomic E-state index is 0.587. The molecule has 2 nitrogen and oxygen atoms in total. The molecule has 0 aromatic heterocycles. The minimum atomic E-state index is 0.587. The Bertz CT molecular complexity index is 60.9. The van der Waals surface area contributed by atoms with E-state index in [1.54, 1.807) is 0 Å². The predicted octanol–water partition coefficient (Wildman–Crippen LogP) is 2.57. The molecule has 0 saturated heterocycles. The third-order valence-corrected chi connectivity index (χ3v) is 1.89. The zero-order valence-corrected chi connectivity index (χ0v) is 9.10. The van der Waals surface area contributed by atoms with Gasteiger partial charge in [-0.2, -0.15) is 0 Å². The molecule has 0 bridgehead atoms. The first-order valence-corrected chi connectivity index (χ1v) is 5.04. The summed E-state index contributed by atoms with van der Waals surface area (Å²) in [6, 6.07) is 0. The largest absolute Gasteiger partial charge is 0.381 e. The molecule has 1 rings (SSSR count). The lowest BCUT2D eigenvalue weighted by atomic mass is 9.98. The van der Waals surface area contributed by atoms with Crippen LogP contribution >= 0.6 is 0 Å². The van der Waals surface area contributed by atoms with E-state index in [0.717, 1.165) is 0 Å². The van der Waals surface area contributed by atoms with Gasteiger partial charge in [0, 0.05) is 7.11 Å². The Morgan fingerprint density at radius 3 is 1.67 bits per heavy atom. The average molecular weight is 175 g/mol. The van der Waals surface area contributed by atoms with Crippen LogP contribution in [-0.4, -0.2) is 20.3 Å². The quantitative estimate of drug-likeness (QED) is 0.664. The number of rotatable bonds is 1. The van der Waals surface area contributed by atoms with Gasteiger partial charge in [-0.1, -0.05) is 33.1 Å². The monoisotopic (exact) mass is 175 g/mol. The normalized spacial score (nSPS) is 16.8. The molecule has 1 aliphatic carbocycles. The van der Waals surface area contributed by atoms with Crippen LogP contribution in [0, 0.1) is 0 Å². The van der Waals surface area contributed by atoms with E-state index in [9.17, 15) is 0 Å². The van der Waals surface area contributed by atoms with Gasteiger partial charge < -0.3 is 10.5 Å². The van der Waals surface area contributed by atoms with Crippen LogP contribution in [0.4, 0.5) is 0 Å². The zero-order valence-electron chi connectivity index (χ0n) is 9.10. The van der Waals surface area contributed by atoms with E-state index in [-0.39, 0.29) is 0 Å². The molecule has 0 unspecified atom stereocenters. The summed E-state index contributed by atoms with van der Waals surface area (Å²) in [4.78, 5) is 0. The van der Waals surface area contributed by atoms with E-state index in [2.05, 4.69) is 5.73 Å². The Labute approximate surface area is 77.5 Å². The Morgan fingerprint density at radius 2 is 1.42 bits per heavy atom. The highest BCUT2D eigenvalue weighted by molar-refractivity contribution is 4.63. The molecule has 0 radical (unpaired) electrons. The molecule has 0 aromatic carbocycles. The van der Waals surface area contributed by atoms with Gasteiger partial charge >= 0.3 is 0 Å². The van der Waals surface area contributed by atoms with E-state index >= 15 is 0 Å². The standard InChI is InChI=1S/C7H14O.C2H6.CH5N/c1-8-7-5-3-2-4-6-7;2*1-2/h7H,2-6H2,1H3;1-2H3;2H2,1H3. The molecule has 12 heavy (non-hydrogen) atoms. The van der Waals surface area contributed by atoms with E-state index in [0.29, 0.717) is 6.10 Å². The molecule has 1 aliphatic rings. The third kappa shape index (κ3) is 8.02. The van der Waals surface area contributed by atoms with Gasteiger partial charge in [-0.25, -0.2) is 0 Å². The summed E-state index contributed by atoms with van der Waals surface area (Å²) in [6.45, 7) is 4.00. The summed E-state index contributed by atoms with van der Waals surface area (Å²) < 4.78 is 5.19. The smallest absolute Gasteiger partial charge is 0.0571 e. The summed E-state index contributed by atoms with van der Waals surface area (Å²) in [6.07, 6.45) is 7.33. The van der Waals surface area contributed by atoms with Gasteiger partial charge in [-0.3, -0.25) is 0 Å². The van der Waals surface area contributed by atoms with E-state index in [4.69, 9.17) is 4.74 Å². The molecule has 0 aliphatic heterocycles. The topological polar surface area (TPSA) is 35.2 Å². The van der Waals surface area contributed by atoms with Gasteiger partial charge in [-0.05, 0) is 19.9 Å². The average Bonchev–Trinajstić information content (AvgIpc) is 2.25. The van der Waals surface area contributed by atoms with Gasteiger partial charge in [-0.15, -0.1) is 0 Å². The summed E-state index contributed by atoms with van der Waals surface area (Å²) in [7, 11) is 3.32. The van der Waals surface area contributed by atoms with Crippen LogP contribution in [-0.2, 0) is 4.74 Å². The Morgan fingerprint density at radius 1 is 1.00 bits per heavy atom. The van der Waals surface area contributed by atoms with Crippen molar-refractivity contribution in [3.63, 3.8) is 0 Å². The molecule has 0 amide bonds. The Hall–Kier alpha value is -0.0800. The van der Waals surface area contributed by atoms with Crippen LogP contribution in [0.3, 0.4) is 0 Å². The van der Waals surface area contributed by atoms with Crippen LogP contribution in [0.5, 0.6) is 0 Å². The minimum Gasteiger partial charge on any atom is -0.381 e. The molecule has 0 spiro atoms. The zero-order chi connectivity index (χ0) is 9.82. The number of nitrogens with two attached hydrogens (primary N) is 1. The molecule has 2 heteroatoms. The second kappa shape index (κ2) is 13.5. The van der Waals surface area contributed by atoms with Crippen LogP contribution in [0.2, 0.25) is 0 Å². The molecule has 0 heterocycles. The van der Waals surface area contributed by atoms with Crippen molar-refractivity contribution >= 4 is 0 Å². The fraction of sp³-hybridized carbons (Fsp3) is 1.00. The summed E-state index contributed by atoms with van der Waals surface area (Å²) in [5, 5.41) is 0. The highest BCUT2D eigenvalue weighted by atomic mass is 16.5. The predicted molar refractivity (Wildman–Crippen MR) is 55.3 cm³/mol. The van der Waals surface area contributed by atoms with Gasteiger partial charge in [0.15, 0.2) is 0 Å². The summed E-state index contributed by atoms with van der Waals surface area (Å²) >= 11 is 0. The lowest BCUT2D eigenvalue weighted by Gasteiger charge is -2.19. The summed E-state index contributed by atoms with van der Waals surface area (Å²) in [5.74, 6) is 0. The van der Waals surface area contributed by atoms with Gasteiger partial charge in [0.25, 0.3) is 0 Å². The van der Waals surface area contributed by atoms with E-state index in [1.165, 1.54) is 39.2 Å². The van der Waals surface area contributed by atoms with Crippen molar-refractivity contribution < 1.29 is 4.74 Å². The number of methoxy groups -OCH3 is 1. The maximum Gasteiger partial charge on any atom is 0.0571 e. The second-order valence-electron chi connectivity index (χ2n) is 2.50. The molecule has 0 atom stereocenters. The lowest BCUT2D eigenvalue weighted by Crippen LogP contribution is -2.13. The molecular weight excluding hydrogens is 150 g/mol. The van der Waals surface area contributed by atoms with Gasteiger partial charge in [0.2, 0.25) is 0 Å². The van der Waals surface area contributed by atoms with Crippen LogP contribution in [0.15, 0.2) is 0 Å². The molecule has 2 N–H and O–H groups in total. The van der Waals surface area contributed by atoms with Crippen molar-refractivity contribution in [2.75, 3.05) is 14.2 Å². The van der Waals surface area contributed by atoms with Gasteiger partial charge in [0.1, 0.15) is 0 Å². The molecular formula is C10H25NO. The SMILES string of the molecule is CC.CN.COC1CCCCC1. The van der Waals surface area contributed by atoms with Crippen molar-refractivity contribution in [1.29, 1.82) is 0 Å². The fourth-order valence-electron chi connectivity index (χ4n) is 1.30. The van der Waals surface area contributed by atoms with Crippen molar-refractivity contribution in [3.05, 3.63) is 0 Å². The Balaban J connectivity index is 0. The van der Waals surface area contributed by atoms with Crippen molar-refractivity contribution in [2.45, 2.75) is 52.1 Å². The first-order chi connectivity index (χ1) is 5.93. The first-order valence-electron chi connectivity index (χ1n) is 5.04. The maximum atomic E-state index is 5.19. The first kappa shape index (κ1) is 14.4. The third-order valence-electron chi connectivity index (χ3n) is 1.89. The number of hydrogen-bond donors (Lipinski definition) is 1. The Kier molecular flexibility index (Phi) is 16.3. The lowest BCUT2D eigenvalue weighted by molar-refractivity contribution is 0.0710. The highest BCUT2D eigenvalue weighted by Gasteiger charge is 2.10. The van der Waals surface area contributed by atoms with Crippen molar-refractivity contribution in [1.82, 2.24) is 0 Å². The van der Waals surface area contributed by atoms with E-state index < -0.39 is 0 Å². The maximum absolute atomic E-state index is 5.19. The highest BCUT2D eigenvalue weighted by Crippen LogP contribution is 2.18. The van der Waals surface area contributed by atoms with Crippen molar-refractivity contribution in [3.8, 4) is 0 Å². The van der Waals surface area contributed by atoms with Crippen LogP contribution < -0.4 is 5.73 Å². The molecule has 76 valence electrons. The fourth-order valence-corrected chi connectivity index (χ4v) is 1.30. The number of ether oxygens (including phenoxy) is 1. The second-order valence-corrected chi connectivity index (χ2v) is 2.50. The van der Waals surface area contributed by atoms with Crippen LogP contribution in [0.1, 0.15) is 46.0 Å². The van der Waals surface area contributed by atoms with Gasteiger partial charge in [0.05, 0.1) is 6.10 Å². The van der Waals surface area contributed by atoms with E-state index in [1.807, 2.05) is 21.0 Å². The van der Waals surface area contributed by atoms with Crippen LogP contribution in [0.25, 0.3) is 0 Å².